The number of nitrogens with zero attached hydrogens (tertiary/aromatic N) is 5. The number of aromatic nitrogens is 5. The monoisotopic (exact) mass is 705 g/mol. The smallest absolute Gasteiger partial charge is 0.164 e. The third kappa shape index (κ3) is 7.32. The summed E-state index contributed by atoms with van der Waals surface area (Å²) in [4.78, 5) is 25.0. The van der Waals surface area contributed by atoms with Gasteiger partial charge in [0.2, 0.25) is 0 Å². The molecule has 0 saturated heterocycles. The highest BCUT2D eigenvalue weighted by Gasteiger charge is 2.16. The average Bonchev–Trinajstić information content (AvgIpc) is 3.27. The van der Waals surface area contributed by atoms with E-state index in [0.29, 0.717) is 17.5 Å². The Labute approximate surface area is 320 Å². The molecule has 55 heavy (non-hydrogen) atoms. The second kappa shape index (κ2) is 14.9. The van der Waals surface area contributed by atoms with Crippen LogP contribution in [0.15, 0.2) is 194 Å². The molecule has 6 aromatic carbocycles. The first-order valence-corrected chi connectivity index (χ1v) is 18.3. The minimum atomic E-state index is 0.579. The number of aryl methyl sites for hydroxylation is 1. The molecule has 0 aliphatic carbocycles. The molecule has 0 unspecified atom stereocenters. The standard InChI is InChI=1S/C50H35N5/c1-34-18-20-39(21-19-34)42-31-43(45-16-10-17-47(52-45)46-15-8-9-30-51-46)33-44(32-42)50-54-48(40-26-22-37(23-27-40)35-11-4-2-5-12-35)53-49(55-50)41-28-24-38(25-29-41)36-13-6-3-7-14-36/h2-33H,1H3. The molecule has 260 valence electrons. The molecule has 0 aliphatic rings. The van der Waals surface area contributed by atoms with Crippen LogP contribution < -0.4 is 0 Å². The lowest BCUT2D eigenvalue weighted by atomic mass is 9.97. The van der Waals surface area contributed by atoms with E-state index < -0.39 is 0 Å². The van der Waals surface area contributed by atoms with Crippen molar-refractivity contribution in [2.24, 2.45) is 0 Å². The van der Waals surface area contributed by atoms with Gasteiger partial charge in [0, 0.05) is 28.5 Å². The minimum Gasteiger partial charge on any atom is -0.255 e. The summed E-state index contributed by atoms with van der Waals surface area (Å²) in [5.74, 6) is 1.78. The molecule has 3 heterocycles. The zero-order valence-corrected chi connectivity index (χ0v) is 30.2. The summed E-state index contributed by atoms with van der Waals surface area (Å²) in [7, 11) is 0. The third-order valence-electron chi connectivity index (χ3n) is 9.68. The largest absolute Gasteiger partial charge is 0.255 e. The summed E-state index contributed by atoms with van der Waals surface area (Å²) < 4.78 is 0. The maximum absolute atomic E-state index is 5.16. The summed E-state index contributed by atoms with van der Waals surface area (Å²) in [5, 5.41) is 0. The third-order valence-corrected chi connectivity index (χ3v) is 9.68. The minimum absolute atomic E-state index is 0.579. The van der Waals surface area contributed by atoms with Crippen LogP contribution in [0.3, 0.4) is 0 Å². The number of hydrogen-bond donors (Lipinski definition) is 0. The zero-order valence-electron chi connectivity index (χ0n) is 30.2. The van der Waals surface area contributed by atoms with Crippen LogP contribution in [0.1, 0.15) is 5.56 Å². The number of rotatable bonds is 8. The van der Waals surface area contributed by atoms with Gasteiger partial charge in [-0.05, 0) is 82.8 Å². The van der Waals surface area contributed by atoms with E-state index in [-0.39, 0.29) is 0 Å². The predicted octanol–water partition coefficient (Wildman–Crippen LogP) is 12.3. The Morgan fingerprint density at radius 3 is 1.25 bits per heavy atom. The van der Waals surface area contributed by atoms with E-state index in [9.17, 15) is 0 Å². The van der Waals surface area contributed by atoms with E-state index in [1.165, 1.54) is 5.56 Å². The van der Waals surface area contributed by atoms with Gasteiger partial charge in [-0.15, -0.1) is 0 Å². The van der Waals surface area contributed by atoms with Gasteiger partial charge in [0.05, 0.1) is 17.1 Å². The van der Waals surface area contributed by atoms with Gasteiger partial charge in [-0.25, -0.2) is 19.9 Å². The fourth-order valence-corrected chi connectivity index (χ4v) is 6.72. The van der Waals surface area contributed by atoms with E-state index in [0.717, 1.165) is 72.7 Å². The SMILES string of the molecule is Cc1ccc(-c2cc(-c3cccc(-c4ccccn4)n3)cc(-c3nc(-c4ccc(-c5ccccc5)cc4)nc(-c4ccc(-c5ccccc5)cc4)n3)c2)cc1. The predicted molar refractivity (Wildman–Crippen MR) is 224 cm³/mol. The first-order valence-electron chi connectivity index (χ1n) is 18.3. The second-order valence-electron chi connectivity index (χ2n) is 13.5. The van der Waals surface area contributed by atoms with Crippen molar-refractivity contribution >= 4 is 0 Å². The van der Waals surface area contributed by atoms with E-state index in [1.54, 1.807) is 6.20 Å². The highest BCUT2D eigenvalue weighted by molar-refractivity contribution is 5.80. The maximum Gasteiger partial charge on any atom is 0.164 e. The Bertz CT molecular complexity index is 2610. The number of benzene rings is 6. The van der Waals surface area contributed by atoms with Crippen LogP contribution in [-0.2, 0) is 0 Å². The van der Waals surface area contributed by atoms with Crippen LogP contribution in [0.25, 0.3) is 90.2 Å². The Kier molecular flexibility index (Phi) is 9.09. The molecule has 0 N–H and O–H groups in total. The summed E-state index contributed by atoms with van der Waals surface area (Å²) in [6, 6.07) is 64.6. The van der Waals surface area contributed by atoms with Crippen LogP contribution in [0, 0.1) is 6.92 Å². The second-order valence-corrected chi connectivity index (χ2v) is 13.5. The molecule has 0 spiro atoms. The van der Waals surface area contributed by atoms with Crippen molar-refractivity contribution in [3.63, 3.8) is 0 Å². The van der Waals surface area contributed by atoms with E-state index in [4.69, 9.17) is 19.9 Å². The number of hydrogen-bond acceptors (Lipinski definition) is 5. The van der Waals surface area contributed by atoms with Crippen molar-refractivity contribution in [2.75, 3.05) is 0 Å². The zero-order chi connectivity index (χ0) is 37.0. The first kappa shape index (κ1) is 33.5. The lowest BCUT2D eigenvalue weighted by molar-refractivity contribution is 1.07. The molecule has 9 aromatic rings. The summed E-state index contributed by atoms with van der Waals surface area (Å²) in [6.07, 6.45) is 1.79. The molecular weight excluding hydrogens is 671 g/mol. The molecule has 9 rings (SSSR count). The fourth-order valence-electron chi connectivity index (χ4n) is 6.72. The van der Waals surface area contributed by atoms with Crippen LogP contribution >= 0.6 is 0 Å². The molecule has 3 aromatic heterocycles. The number of pyridine rings is 2. The van der Waals surface area contributed by atoms with Crippen molar-refractivity contribution in [3.05, 3.63) is 200 Å². The highest BCUT2D eigenvalue weighted by atomic mass is 15.0. The van der Waals surface area contributed by atoms with Gasteiger partial charge in [-0.2, -0.15) is 0 Å². The van der Waals surface area contributed by atoms with Gasteiger partial charge < -0.3 is 0 Å². The molecule has 0 bridgehead atoms. The lowest BCUT2D eigenvalue weighted by Crippen LogP contribution is -2.01. The summed E-state index contributed by atoms with van der Waals surface area (Å²) in [5.41, 5.74) is 14.0. The molecular formula is C50H35N5. The van der Waals surface area contributed by atoms with E-state index in [2.05, 4.69) is 151 Å². The van der Waals surface area contributed by atoms with Gasteiger partial charge >= 0.3 is 0 Å². The molecule has 5 heteroatoms. The molecule has 0 saturated carbocycles. The quantitative estimate of drug-likeness (QED) is 0.157. The van der Waals surface area contributed by atoms with Crippen molar-refractivity contribution in [1.29, 1.82) is 0 Å². The molecule has 5 nitrogen and oxygen atoms in total. The molecule has 0 atom stereocenters. The van der Waals surface area contributed by atoms with Crippen molar-refractivity contribution in [1.82, 2.24) is 24.9 Å². The van der Waals surface area contributed by atoms with Crippen molar-refractivity contribution < 1.29 is 0 Å². The van der Waals surface area contributed by atoms with Gasteiger partial charge in [0.25, 0.3) is 0 Å². The van der Waals surface area contributed by atoms with Gasteiger partial charge in [0.1, 0.15) is 0 Å². The van der Waals surface area contributed by atoms with Crippen LogP contribution in [0.4, 0.5) is 0 Å². The maximum atomic E-state index is 5.16. The summed E-state index contributed by atoms with van der Waals surface area (Å²) >= 11 is 0. The summed E-state index contributed by atoms with van der Waals surface area (Å²) in [6.45, 7) is 2.10. The molecule has 0 radical (unpaired) electrons. The van der Waals surface area contributed by atoms with E-state index >= 15 is 0 Å². The Balaban J connectivity index is 1.20. The van der Waals surface area contributed by atoms with Gasteiger partial charge in [-0.1, -0.05) is 151 Å². The Hall–Kier alpha value is -7.37. The first-order chi connectivity index (χ1) is 27.1. The van der Waals surface area contributed by atoms with Crippen LogP contribution in [0.2, 0.25) is 0 Å². The highest BCUT2D eigenvalue weighted by Crippen LogP contribution is 2.34. The van der Waals surface area contributed by atoms with Crippen LogP contribution in [-0.4, -0.2) is 24.9 Å². The molecule has 0 fully saturated rings. The van der Waals surface area contributed by atoms with E-state index in [1.807, 2.05) is 48.5 Å². The average molecular weight is 706 g/mol. The normalized spacial score (nSPS) is 11.0. The Morgan fingerprint density at radius 1 is 0.273 bits per heavy atom. The molecule has 0 aliphatic heterocycles. The topological polar surface area (TPSA) is 64.5 Å². The van der Waals surface area contributed by atoms with Gasteiger partial charge in [0.15, 0.2) is 17.5 Å². The van der Waals surface area contributed by atoms with Crippen molar-refractivity contribution in [3.8, 4) is 90.2 Å². The van der Waals surface area contributed by atoms with Crippen molar-refractivity contribution in [2.45, 2.75) is 6.92 Å². The molecule has 0 amide bonds. The Morgan fingerprint density at radius 2 is 0.691 bits per heavy atom. The lowest BCUT2D eigenvalue weighted by Gasteiger charge is -2.13. The van der Waals surface area contributed by atoms with Gasteiger partial charge in [-0.3, -0.25) is 4.98 Å². The van der Waals surface area contributed by atoms with Crippen LogP contribution in [0.5, 0.6) is 0 Å². The fraction of sp³-hybridized carbons (Fsp3) is 0.0200.